The lowest BCUT2D eigenvalue weighted by Crippen LogP contribution is -2.32. The molecule has 1 aliphatic rings. The smallest absolute Gasteiger partial charge is 0.325 e. The van der Waals surface area contributed by atoms with Gasteiger partial charge in [0, 0.05) is 12.5 Å². The highest BCUT2D eigenvalue weighted by Crippen LogP contribution is 2.36. The van der Waals surface area contributed by atoms with Crippen LogP contribution in [0.1, 0.15) is 26.2 Å². The summed E-state index contributed by atoms with van der Waals surface area (Å²) in [7, 11) is 1.26. The first-order valence-corrected chi connectivity index (χ1v) is 8.97. The van der Waals surface area contributed by atoms with Gasteiger partial charge in [-0.25, -0.2) is 0 Å². The summed E-state index contributed by atoms with van der Waals surface area (Å²) in [6.45, 7) is 1.66. The number of carbonyl (C=O) groups excluding carboxylic acids is 3. The molecule has 1 aromatic rings. The summed E-state index contributed by atoms with van der Waals surface area (Å²) in [4.78, 5) is 36.2. The summed E-state index contributed by atoms with van der Waals surface area (Å²) in [6.07, 6.45) is 2.40. The zero-order chi connectivity index (χ0) is 16.8. The first-order chi connectivity index (χ1) is 11.0. The van der Waals surface area contributed by atoms with Crippen molar-refractivity contribution >= 4 is 46.0 Å². The van der Waals surface area contributed by atoms with E-state index in [9.17, 15) is 14.4 Å². The Balaban J connectivity index is 1.85. The molecule has 1 heterocycles. The molecule has 0 bridgehead atoms. The Labute approximate surface area is 142 Å². The number of amides is 2. The van der Waals surface area contributed by atoms with Crippen LogP contribution in [0.25, 0.3) is 0 Å². The Morgan fingerprint density at radius 2 is 2.13 bits per heavy atom. The number of aromatic nitrogens is 2. The molecule has 0 aromatic carbocycles. The predicted molar refractivity (Wildman–Crippen MR) is 86.5 cm³/mol. The SMILES string of the molecule is CCC(=O)N(c1nnc(SCC(=O)NCC(=O)OC)s1)C1CC1. The zero-order valence-corrected chi connectivity index (χ0v) is 14.5. The molecule has 0 radical (unpaired) electrons. The van der Waals surface area contributed by atoms with Gasteiger partial charge in [0.25, 0.3) is 0 Å². The lowest BCUT2D eigenvalue weighted by molar-refractivity contribution is -0.140. The van der Waals surface area contributed by atoms with E-state index in [-0.39, 0.29) is 30.2 Å². The summed E-state index contributed by atoms with van der Waals surface area (Å²) >= 11 is 2.52. The molecular formula is C13H18N4O4S2. The number of hydrogen-bond donors (Lipinski definition) is 1. The molecule has 0 atom stereocenters. The fourth-order valence-corrected chi connectivity index (χ4v) is 3.51. The fourth-order valence-electron chi connectivity index (χ4n) is 1.75. The first kappa shape index (κ1) is 17.7. The molecule has 0 unspecified atom stereocenters. The van der Waals surface area contributed by atoms with Crippen LogP contribution in [-0.2, 0) is 19.1 Å². The monoisotopic (exact) mass is 358 g/mol. The molecule has 2 rings (SSSR count). The number of nitrogens with zero attached hydrogens (tertiary/aromatic N) is 3. The molecule has 8 nitrogen and oxygen atoms in total. The van der Waals surface area contributed by atoms with E-state index in [1.807, 2.05) is 6.92 Å². The van der Waals surface area contributed by atoms with Crippen molar-refractivity contribution in [2.24, 2.45) is 0 Å². The standard InChI is InChI=1S/C13H18N4O4S2/c1-3-10(19)17(8-4-5-8)12-15-16-13(23-12)22-7-9(18)14-6-11(20)21-2/h8H,3-7H2,1-2H3,(H,14,18). The molecule has 1 aromatic heterocycles. The van der Waals surface area contributed by atoms with Crippen molar-refractivity contribution in [1.82, 2.24) is 15.5 Å². The molecule has 0 aliphatic heterocycles. The third-order valence-electron chi connectivity index (χ3n) is 3.07. The minimum Gasteiger partial charge on any atom is -0.468 e. The van der Waals surface area contributed by atoms with Gasteiger partial charge >= 0.3 is 5.97 Å². The van der Waals surface area contributed by atoms with Crippen LogP contribution in [-0.4, -0.2) is 53.4 Å². The van der Waals surface area contributed by atoms with E-state index in [0.717, 1.165) is 12.8 Å². The number of hydrogen-bond acceptors (Lipinski definition) is 8. The van der Waals surface area contributed by atoms with Crippen LogP contribution in [0.3, 0.4) is 0 Å². The molecule has 0 spiro atoms. The van der Waals surface area contributed by atoms with E-state index in [1.54, 1.807) is 4.90 Å². The van der Waals surface area contributed by atoms with E-state index in [0.29, 0.717) is 15.9 Å². The second-order valence-corrected chi connectivity index (χ2v) is 7.02. The predicted octanol–water partition coefficient (Wildman–Crippen LogP) is 0.825. The van der Waals surface area contributed by atoms with Gasteiger partial charge in [-0.3, -0.25) is 19.3 Å². The molecule has 10 heteroatoms. The average Bonchev–Trinajstić information content (AvgIpc) is 3.28. The maximum Gasteiger partial charge on any atom is 0.325 e. The van der Waals surface area contributed by atoms with Crippen molar-refractivity contribution in [3.63, 3.8) is 0 Å². The van der Waals surface area contributed by atoms with E-state index in [4.69, 9.17) is 0 Å². The zero-order valence-electron chi connectivity index (χ0n) is 12.9. The average molecular weight is 358 g/mol. The molecule has 0 saturated heterocycles. The van der Waals surface area contributed by atoms with Gasteiger partial charge < -0.3 is 10.1 Å². The lowest BCUT2D eigenvalue weighted by atomic mass is 10.4. The highest BCUT2D eigenvalue weighted by Gasteiger charge is 2.35. The molecule has 23 heavy (non-hydrogen) atoms. The van der Waals surface area contributed by atoms with Crippen LogP contribution < -0.4 is 10.2 Å². The maximum atomic E-state index is 12.0. The summed E-state index contributed by atoms with van der Waals surface area (Å²) in [5.74, 6) is -0.631. The van der Waals surface area contributed by atoms with Gasteiger partial charge in [0.2, 0.25) is 16.9 Å². The molecule has 1 N–H and O–H groups in total. The number of anilines is 1. The number of ether oxygens (including phenoxy) is 1. The van der Waals surface area contributed by atoms with Gasteiger partial charge in [0.15, 0.2) is 4.34 Å². The van der Waals surface area contributed by atoms with Crippen molar-refractivity contribution < 1.29 is 19.1 Å². The third-order valence-corrected chi connectivity index (χ3v) is 5.13. The molecule has 126 valence electrons. The number of nitrogens with one attached hydrogen (secondary N) is 1. The normalized spacial score (nSPS) is 13.5. The summed E-state index contributed by atoms with van der Waals surface area (Å²) in [5.41, 5.74) is 0. The van der Waals surface area contributed by atoms with Gasteiger partial charge in [0.05, 0.1) is 12.9 Å². The molecule has 2 amide bonds. The van der Waals surface area contributed by atoms with E-state index >= 15 is 0 Å². The largest absolute Gasteiger partial charge is 0.468 e. The van der Waals surface area contributed by atoms with Crippen molar-refractivity contribution in [3.05, 3.63) is 0 Å². The topological polar surface area (TPSA) is 101 Å². The highest BCUT2D eigenvalue weighted by atomic mass is 32.2. The van der Waals surface area contributed by atoms with Crippen molar-refractivity contribution in [2.75, 3.05) is 24.3 Å². The Morgan fingerprint density at radius 1 is 1.39 bits per heavy atom. The van der Waals surface area contributed by atoms with Crippen LogP contribution >= 0.6 is 23.1 Å². The van der Waals surface area contributed by atoms with Gasteiger partial charge in [-0.1, -0.05) is 30.0 Å². The molecule has 1 aliphatic carbocycles. The van der Waals surface area contributed by atoms with Crippen molar-refractivity contribution in [2.45, 2.75) is 36.6 Å². The summed E-state index contributed by atoms with van der Waals surface area (Å²) in [6, 6.07) is 0.233. The number of methoxy groups -OCH3 is 1. The molecule has 1 fully saturated rings. The Bertz CT molecular complexity index is 588. The van der Waals surface area contributed by atoms with Gasteiger partial charge in [-0.15, -0.1) is 10.2 Å². The quantitative estimate of drug-likeness (QED) is 0.417. The summed E-state index contributed by atoms with van der Waals surface area (Å²) in [5, 5.41) is 11.1. The second kappa shape index (κ2) is 8.25. The van der Waals surface area contributed by atoms with E-state index in [1.165, 1.54) is 30.2 Å². The van der Waals surface area contributed by atoms with Crippen LogP contribution in [0.4, 0.5) is 5.13 Å². The van der Waals surface area contributed by atoms with Crippen LogP contribution in [0.5, 0.6) is 0 Å². The van der Waals surface area contributed by atoms with E-state index in [2.05, 4.69) is 20.3 Å². The highest BCUT2D eigenvalue weighted by molar-refractivity contribution is 8.01. The fraction of sp³-hybridized carbons (Fsp3) is 0.615. The number of thioether (sulfide) groups is 1. The Hall–Kier alpha value is -1.68. The second-order valence-electron chi connectivity index (χ2n) is 4.84. The van der Waals surface area contributed by atoms with Gasteiger partial charge in [-0.05, 0) is 12.8 Å². The first-order valence-electron chi connectivity index (χ1n) is 7.17. The minimum absolute atomic E-state index is 0.0380. The Morgan fingerprint density at radius 3 is 2.74 bits per heavy atom. The van der Waals surface area contributed by atoms with E-state index < -0.39 is 5.97 Å². The van der Waals surface area contributed by atoms with Crippen LogP contribution in [0, 0.1) is 0 Å². The third kappa shape index (κ3) is 5.17. The van der Waals surface area contributed by atoms with Crippen LogP contribution in [0.2, 0.25) is 0 Å². The number of esters is 1. The minimum atomic E-state index is -0.500. The lowest BCUT2D eigenvalue weighted by Gasteiger charge is -2.17. The number of rotatable bonds is 8. The number of carbonyl (C=O) groups is 3. The molecule has 1 saturated carbocycles. The van der Waals surface area contributed by atoms with Crippen LogP contribution in [0.15, 0.2) is 4.34 Å². The Kier molecular flexibility index (Phi) is 6.34. The van der Waals surface area contributed by atoms with Crippen molar-refractivity contribution in [3.8, 4) is 0 Å². The van der Waals surface area contributed by atoms with Gasteiger partial charge in [0.1, 0.15) is 6.54 Å². The maximum absolute atomic E-state index is 12.0. The van der Waals surface area contributed by atoms with Crippen molar-refractivity contribution in [1.29, 1.82) is 0 Å². The van der Waals surface area contributed by atoms with Gasteiger partial charge in [-0.2, -0.15) is 0 Å². The molecular weight excluding hydrogens is 340 g/mol. The summed E-state index contributed by atoms with van der Waals surface area (Å²) < 4.78 is 5.05.